The maximum Gasteiger partial charge on any atom is 0.253 e. The molecule has 0 atom stereocenters. The van der Waals surface area contributed by atoms with Gasteiger partial charge in [0.1, 0.15) is 16.9 Å². The zero-order chi connectivity index (χ0) is 15.7. The van der Waals surface area contributed by atoms with Gasteiger partial charge in [0.25, 0.3) is 5.91 Å². The molecule has 0 aliphatic heterocycles. The highest BCUT2D eigenvalue weighted by Gasteiger charge is 2.12. The number of amides is 1. The largest absolute Gasteiger partial charge is 0.438 e. The van der Waals surface area contributed by atoms with Gasteiger partial charge in [-0.05, 0) is 31.2 Å². The Hall–Kier alpha value is -2.47. The summed E-state index contributed by atoms with van der Waals surface area (Å²) in [5.74, 6) is 1.02. The van der Waals surface area contributed by atoms with E-state index in [0.29, 0.717) is 17.2 Å². The van der Waals surface area contributed by atoms with E-state index in [1.54, 1.807) is 49.7 Å². The van der Waals surface area contributed by atoms with Crippen LogP contribution in [0.1, 0.15) is 15.2 Å². The molecule has 0 saturated carbocycles. The van der Waals surface area contributed by atoms with Crippen LogP contribution in [-0.2, 0) is 0 Å². The Bertz CT molecular complexity index is 842. The zero-order valence-electron chi connectivity index (χ0n) is 12.5. The van der Waals surface area contributed by atoms with Gasteiger partial charge in [-0.15, -0.1) is 11.3 Å². The Morgan fingerprint density at radius 3 is 2.82 bits per heavy atom. The summed E-state index contributed by atoms with van der Waals surface area (Å²) in [5, 5.41) is 0.884. The lowest BCUT2D eigenvalue weighted by molar-refractivity contribution is 0.0827. The lowest BCUT2D eigenvalue weighted by atomic mass is 10.2. The van der Waals surface area contributed by atoms with E-state index in [9.17, 15) is 4.79 Å². The second kappa shape index (κ2) is 5.73. The van der Waals surface area contributed by atoms with Crippen LogP contribution in [0, 0.1) is 6.92 Å². The van der Waals surface area contributed by atoms with Crippen LogP contribution in [0.2, 0.25) is 0 Å². The Labute approximate surface area is 132 Å². The molecule has 0 saturated heterocycles. The van der Waals surface area contributed by atoms with Crippen molar-refractivity contribution < 1.29 is 9.53 Å². The molecule has 6 heteroatoms. The number of aromatic nitrogens is 2. The molecule has 0 bridgehead atoms. The summed E-state index contributed by atoms with van der Waals surface area (Å²) in [6.45, 7) is 2.02. The molecule has 3 aromatic rings. The lowest BCUT2D eigenvalue weighted by Gasteiger charge is -2.11. The van der Waals surface area contributed by atoms with Crippen LogP contribution in [0.4, 0.5) is 0 Å². The van der Waals surface area contributed by atoms with Gasteiger partial charge < -0.3 is 9.64 Å². The van der Waals surface area contributed by atoms with Gasteiger partial charge in [0, 0.05) is 24.5 Å². The third-order valence-corrected chi connectivity index (χ3v) is 4.08. The molecule has 0 N–H and O–H groups in total. The van der Waals surface area contributed by atoms with Crippen molar-refractivity contribution in [2.24, 2.45) is 0 Å². The van der Waals surface area contributed by atoms with E-state index in [1.807, 2.05) is 13.0 Å². The fraction of sp³-hybridized carbons (Fsp3) is 0.188. The third-order valence-electron chi connectivity index (χ3n) is 3.12. The highest BCUT2D eigenvalue weighted by atomic mass is 32.1. The highest BCUT2D eigenvalue weighted by molar-refractivity contribution is 7.18. The van der Waals surface area contributed by atoms with Crippen molar-refractivity contribution in [3.8, 4) is 11.6 Å². The van der Waals surface area contributed by atoms with Crippen LogP contribution < -0.4 is 4.74 Å². The van der Waals surface area contributed by atoms with E-state index in [0.717, 1.165) is 15.1 Å². The lowest BCUT2D eigenvalue weighted by Crippen LogP contribution is -2.21. The van der Waals surface area contributed by atoms with Gasteiger partial charge in [-0.3, -0.25) is 4.79 Å². The molecule has 5 nitrogen and oxygen atoms in total. The average molecular weight is 313 g/mol. The Kier molecular flexibility index (Phi) is 3.77. The predicted molar refractivity (Wildman–Crippen MR) is 86.7 cm³/mol. The predicted octanol–water partition coefficient (Wildman–Crippen LogP) is 3.49. The van der Waals surface area contributed by atoms with Crippen molar-refractivity contribution in [2.45, 2.75) is 6.92 Å². The fourth-order valence-electron chi connectivity index (χ4n) is 2.10. The number of rotatable bonds is 3. The number of thiophene rings is 1. The number of carbonyl (C=O) groups excluding carboxylic acids is 1. The first-order chi connectivity index (χ1) is 10.5. The summed E-state index contributed by atoms with van der Waals surface area (Å²) in [6, 6.07) is 9.09. The molecule has 0 aliphatic carbocycles. The van der Waals surface area contributed by atoms with Crippen molar-refractivity contribution in [2.75, 3.05) is 14.1 Å². The Balaban J connectivity index is 1.95. The first-order valence-corrected chi connectivity index (χ1v) is 7.57. The second-order valence-electron chi connectivity index (χ2n) is 5.08. The zero-order valence-corrected chi connectivity index (χ0v) is 13.3. The molecule has 112 valence electrons. The summed E-state index contributed by atoms with van der Waals surface area (Å²) in [7, 11) is 3.44. The van der Waals surface area contributed by atoms with Crippen LogP contribution in [0.5, 0.6) is 11.6 Å². The monoisotopic (exact) mass is 313 g/mol. The molecule has 2 heterocycles. The summed E-state index contributed by atoms with van der Waals surface area (Å²) in [6.07, 6.45) is 1.49. The summed E-state index contributed by atoms with van der Waals surface area (Å²) >= 11 is 1.60. The quantitative estimate of drug-likeness (QED) is 0.742. The van der Waals surface area contributed by atoms with Crippen LogP contribution in [-0.4, -0.2) is 34.9 Å². The average Bonchev–Trinajstić information content (AvgIpc) is 2.88. The minimum atomic E-state index is -0.0651. The Morgan fingerprint density at radius 2 is 2.05 bits per heavy atom. The smallest absolute Gasteiger partial charge is 0.253 e. The van der Waals surface area contributed by atoms with E-state index in [1.165, 1.54) is 11.2 Å². The summed E-state index contributed by atoms with van der Waals surface area (Å²) in [5.41, 5.74) is 0.578. The number of ether oxygens (including phenoxy) is 1. The number of benzene rings is 1. The maximum atomic E-state index is 12.0. The number of hydrogen-bond acceptors (Lipinski definition) is 5. The second-order valence-corrected chi connectivity index (χ2v) is 6.32. The van der Waals surface area contributed by atoms with E-state index < -0.39 is 0 Å². The van der Waals surface area contributed by atoms with E-state index in [4.69, 9.17) is 4.74 Å². The van der Waals surface area contributed by atoms with E-state index in [-0.39, 0.29) is 5.91 Å². The van der Waals surface area contributed by atoms with Gasteiger partial charge in [0.05, 0.1) is 5.39 Å². The van der Waals surface area contributed by atoms with Crippen molar-refractivity contribution in [1.29, 1.82) is 0 Å². The molecule has 0 unspecified atom stereocenters. The summed E-state index contributed by atoms with van der Waals surface area (Å²) in [4.78, 5) is 24.0. The molecule has 0 spiro atoms. The van der Waals surface area contributed by atoms with Gasteiger partial charge >= 0.3 is 0 Å². The van der Waals surface area contributed by atoms with Crippen molar-refractivity contribution >= 4 is 27.5 Å². The number of nitrogens with zero attached hydrogens (tertiary/aromatic N) is 3. The number of hydrogen-bond donors (Lipinski definition) is 0. The third kappa shape index (κ3) is 2.78. The normalized spacial score (nSPS) is 10.7. The topological polar surface area (TPSA) is 55.3 Å². The van der Waals surface area contributed by atoms with Gasteiger partial charge in [-0.25, -0.2) is 9.97 Å². The molecule has 1 aromatic carbocycles. The molecule has 0 fully saturated rings. The van der Waals surface area contributed by atoms with Gasteiger partial charge in [-0.2, -0.15) is 0 Å². The van der Waals surface area contributed by atoms with E-state index >= 15 is 0 Å². The molecular formula is C16H15N3O2S. The van der Waals surface area contributed by atoms with Crippen molar-refractivity contribution in [3.63, 3.8) is 0 Å². The molecule has 3 rings (SSSR count). The molecule has 0 radical (unpaired) electrons. The van der Waals surface area contributed by atoms with Crippen LogP contribution in [0.15, 0.2) is 36.7 Å². The SMILES string of the molecule is Cc1cc2c(Oc3cccc(C(=O)N(C)C)c3)ncnc2s1. The number of carbonyl (C=O) groups is 1. The Morgan fingerprint density at radius 1 is 1.23 bits per heavy atom. The molecule has 22 heavy (non-hydrogen) atoms. The number of fused-ring (bicyclic) bond motifs is 1. The first-order valence-electron chi connectivity index (χ1n) is 6.75. The standard InChI is InChI=1S/C16H15N3O2S/c1-10-7-13-14(17-9-18-15(13)22-10)21-12-6-4-5-11(8-12)16(20)19(2)3/h4-9H,1-3H3. The van der Waals surface area contributed by atoms with Crippen molar-refractivity contribution in [3.05, 3.63) is 47.1 Å². The number of aryl methyl sites for hydroxylation is 1. The van der Waals surface area contributed by atoms with Crippen LogP contribution >= 0.6 is 11.3 Å². The summed E-state index contributed by atoms with van der Waals surface area (Å²) < 4.78 is 5.86. The van der Waals surface area contributed by atoms with Gasteiger partial charge in [0.15, 0.2) is 0 Å². The van der Waals surface area contributed by atoms with Gasteiger partial charge in [-0.1, -0.05) is 6.07 Å². The molecular weight excluding hydrogens is 298 g/mol. The van der Waals surface area contributed by atoms with Gasteiger partial charge in [0.2, 0.25) is 5.88 Å². The van der Waals surface area contributed by atoms with Crippen molar-refractivity contribution in [1.82, 2.24) is 14.9 Å². The minimum absolute atomic E-state index is 0.0651. The highest BCUT2D eigenvalue weighted by Crippen LogP contribution is 2.31. The van der Waals surface area contributed by atoms with Crippen LogP contribution in [0.3, 0.4) is 0 Å². The molecule has 2 aromatic heterocycles. The fourth-order valence-corrected chi connectivity index (χ4v) is 2.94. The first kappa shape index (κ1) is 14.5. The molecule has 0 aliphatic rings. The minimum Gasteiger partial charge on any atom is -0.438 e. The molecule has 1 amide bonds. The van der Waals surface area contributed by atoms with E-state index in [2.05, 4.69) is 9.97 Å². The maximum absolute atomic E-state index is 12.0. The van der Waals surface area contributed by atoms with Crippen LogP contribution in [0.25, 0.3) is 10.2 Å².